The van der Waals surface area contributed by atoms with Gasteiger partial charge < -0.3 is 20.3 Å². The molecule has 3 rings (SSSR count). The second-order valence-corrected chi connectivity index (χ2v) is 6.50. The summed E-state index contributed by atoms with van der Waals surface area (Å²) in [4.78, 5) is 27.8. The lowest BCUT2D eigenvalue weighted by Gasteiger charge is -2.24. The second-order valence-electron chi connectivity index (χ2n) is 6.50. The van der Waals surface area contributed by atoms with Crippen LogP contribution >= 0.6 is 0 Å². The van der Waals surface area contributed by atoms with Crippen LogP contribution < -0.4 is 11.4 Å². The average Bonchev–Trinajstić information content (AvgIpc) is 3.22. The van der Waals surface area contributed by atoms with E-state index in [9.17, 15) is 14.7 Å². The number of anilines is 1. The fourth-order valence-corrected chi connectivity index (χ4v) is 3.10. The first kappa shape index (κ1) is 15.9. The van der Waals surface area contributed by atoms with Gasteiger partial charge in [-0.3, -0.25) is 9.36 Å². The fraction of sp³-hybridized carbons (Fsp3) is 0.667. The Bertz CT molecular complexity index is 667. The molecular formula is C15H21N3O5. The summed E-state index contributed by atoms with van der Waals surface area (Å²) in [5.74, 6) is -0.479. The minimum absolute atomic E-state index is 0.135. The van der Waals surface area contributed by atoms with E-state index < -0.39 is 29.5 Å². The molecule has 2 fully saturated rings. The molecule has 8 nitrogen and oxygen atoms in total. The van der Waals surface area contributed by atoms with Crippen molar-refractivity contribution in [1.29, 1.82) is 0 Å². The molecule has 0 amide bonds. The lowest BCUT2D eigenvalue weighted by molar-refractivity contribution is -0.159. The van der Waals surface area contributed by atoms with Gasteiger partial charge in [-0.25, -0.2) is 4.79 Å². The monoisotopic (exact) mass is 323 g/mol. The predicted molar refractivity (Wildman–Crippen MR) is 80.3 cm³/mol. The number of carbonyl (C=O) groups excluding carboxylic acids is 1. The molecule has 1 aromatic rings. The van der Waals surface area contributed by atoms with Crippen LogP contribution in [-0.4, -0.2) is 39.4 Å². The Hall–Kier alpha value is -1.93. The van der Waals surface area contributed by atoms with Crippen molar-refractivity contribution < 1.29 is 19.4 Å². The topological polar surface area (TPSA) is 117 Å². The van der Waals surface area contributed by atoms with Crippen LogP contribution in [0.1, 0.15) is 32.9 Å². The van der Waals surface area contributed by atoms with Crippen LogP contribution in [0.15, 0.2) is 17.1 Å². The normalized spacial score (nSPS) is 28.3. The summed E-state index contributed by atoms with van der Waals surface area (Å²) in [6.07, 6.45) is 1.18. The van der Waals surface area contributed by atoms with E-state index in [-0.39, 0.29) is 24.3 Å². The number of aliphatic hydroxyl groups excluding tert-OH is 1. The van der Waals surface area contributed by atoms with Crippen molar-refractivity contribution in [3.63, 3.8) is 0 Å². The molecule has 3 atom stereocenters. The summed E-state index contributed by atoms with van der Waals surface area (Å²) >= 11 is 0. The number of nitrogens with two attached hydrogens (primary N) is 1. The van der Waals surface area contributed by atoms with Crippen molar-refractivity contribution in [2.75, 3.05) is 12.3 Å². The second kappa shape index (κ2) is 5.61. The molecule has 2 heterocycles. The first-order valence-corrected chi connectivity index (χ1v) is 7.70. The summed E-state index contributed by atoms with van der Waals surface area (Å²) in [5.41, 5.74) is 4.51. The van der Waals surface area contributed by atoms with Crippen molar-refractivity contribution in [3.05, 3.63) is 22.7 Å². The Morgan fingerprint density at radius 2 is 2.30 bits per heavy atom. The van der Waals surface area contributed by atoms with E-state index in [1.807, 2.05) is 0 Å². The molecule has 126 valence electrons. The maximum Gasteiger partial charge on any atom is 0.351 e. The number of hydrogen-bond acceptors (Lipinski definition) is 7. The third kappa shape index (κ3) is 2.61. The highest BCUT2D eigenvalue weighted by Crippen LogP contribution is 2.63. The van der Waals surface area contributed by atoms with E-state index in [4.69, 9.17) is 15.2 Å². The van der Waals surface area contributed by atoms with Crippen LogP contribution in [0.5, 0.6) is 0 Å². The zero-order valence-corrected chi connectivity index (χ0v) is 13.1. The molecule has 0 radical (unpaired) electrons. The maximum absolute atomic E-state index is 12.1. The zero-order valence-electron chi connectivity index (χ0n) is 13.1. The summed E-state index contributed by atoms with van der Waals surface area (Å²) in [6, 6.07) is 1.52. The molecule has 1 aromatic heterocycles. The van der Waals surface area contributed by atoms with Gasteiger partial charge >= 0.3 is 11.7 Å². The van der Waals surface area contributed by atoms with Gasteiger partial charge in [0.15, 0.2) is 0 Å². The average molecular weight is 323 g/mol. The summed E-state index contributed by atoms with van der Waals surface area (Å²) in [6.45, 7) is 3.21. The molecule has 1 aliphatic heterocycles. The SMILES string of the molecule is CC(C)C(=O)O[C@@H]1[C@H](CO)O[C@@H](n2ccc(N)nc2=O)C12CC2. The van der Waals surface area contributed by atoms with E-state index in [2.05, 4.69) is 4.98 Å². The molecule has 8 heteroatoms. The van der Waals surface area contributed by atoms with Crippen molar-refractivity contribution >= 4 is 11.8 Å². The van der Waals surface area contributed by atoms with E-state index >= 15 is 0 Å². The van der Waals surface area contributed by atoms with Gasteiger partial charge in [0.1, 0.15) is 24.3 Å². The predicted octanol–water partition coefficient (Wildman–Crippen LogP) is 0.0632. The van der Waals surface area contributed by atoms with Crippen LogP contribution in [0.25, 0.3) is 0 Å². The van der Waals surface area contributed by atoms with Gasteiger partial charge in [0.25, 0.3) is 0 Å². The highest BCUT2D eigenvalue weighted by atomic mass is 16.6. The Balaban J connectivity index is 1.92. The van der Waals surface area contributed by atoms with Gasteiger partial charge in [-0.15, -0.1) is 0 Å². The van der Waals surface area contributed by atoms with Gasteiger partial charge in [-0.05, 0) is 18.9 Å². The highest BCUT2D eigenvalue weighted by molar-refractivity contribution is 5.71. The summed E-state index contributed by atoms with van der Waals surface area (Å²) in [5, 5.41) is 9.59. The summed E-state index contributed by atoms with van der Waals surface area (Å²) < 4.78 is 12.8. The van der Waals surface area contributed by atoms with Crippen LogP contribution in [0, 0.1) is 11.3 Å². The van der Waals surface area contributed by atoms with E-state index in [1.165, 1.54) is 16.8 Å². The van der Waals surface area contributed by atoms with Gasteiger partial charge in [0, 0.05) is 6.20 Å². The van der Waals surface area contributed by atoms with Crippen LogP contribution in [0.3, 0.4) is 0 Å². The number of carbonyl (C=O) groups is 1. The Labute approximate surface area is 133 Å². The van der Waals surface area contributed by atoms with Crippen molar-refractivity contribution in [2.24, 2.45) is 11.3 Å². The zero-order chi connectivity index (χ0) is 16.8. The molecule has 1 aliphatic carbocycles. The Kier molecular flexibility index (Phi) is 3.89. The lowest BCUT2D eigenvalue weighted by Crippen LogP contribution is -2.38. The molecule has 1 saturated heterocycles. The highest BCUT2D eigenvalue weighted by Gasteiger charge is 2.66. The molecule has 3 N–H and O–H groups in total. The number of nitrogen functional groups attached to an aromatic ring is 1. The number of aliphatic hydroxyl groups is 1. The number of ether oxygens (including phenoxy) is 2. The van der Waals surface area contributed by atoms with E-state index in [0.29, 0.717) is 0 Å². The largest absolute Gasteiger partial charge is 0.459 e. The minimum Gasteiger partial charge on any atom is -0.459 e. The van der Waals surface area contributed by atoms with Crippen molar-refractivity contribution in [2.45, 2.75) is 45.1 Å². The third-order valence-electron chi connectivity index (χ3n) is 4.53. The van der Waals surface area contributed by atoms with Gasteiger partial charge in [-0.2, -0.15) is 4.98 Å². The fourth-order valence-electron chi connectivity index (χ4n) is 3.10. The van der Waals surface area contributed by atoms with Crippen LogP contribution in [0.4, 0.5) is 5.82 Å². The van der Waals surface area contributed by atoms with E-state index in [0.717, 1.165) is 12.8 Å². The molecule has 0 aromatic carbocycles. The molecular weight excluding hydrogens is 302 g/mol. The number of rotatable bonds is 4. The number of esters is 1. The van der Waals surface area contributed by atoms with Crippen LogP contribution in [0.2, 0.25) is 0 Å². The molecule has 2 aliphatic rings. The smallest absolute Gasteiger partial charge is 0.351 e. The quantitative estimate of drug-likeness (QED) is 0.753. The summed E-state index contributed by atoms with van der Waals surface area (Å²) in [7, 11) is 0. The molecule has 1 saturated carbocycles. The maximum atomic E-state index is 12.1. The molecule has 23 heavy (non-hydrogen) atoms. The number of aromatic nitrogens is 2. The Morgan fingerprint density at radius 3 is 2.83 bits per heavy atom. The number of hydrogen-bond donors (Lipinski definition) is 2. The van der Waals surface area contributed by atoms with Crippen molar-refractivity contribution in [3.8, 4) is 0 Å². The van der Waals surface area contributed by atoms with E-state index in [1.54, 1.807) is 13.8 Å². The van der Waals surface area contributed by atoms with Crippen molar-refractivity contribution in [1.82, 2.24) is 9.55 Å². The first-order chi connectivity index (χ1) is 10.9. The molecule has 1 spiro atoms. The lowest BCUT2D eigenvalue weighted by atomic mass is 9.96. The van der Waals surface area contributed by atoms with Gasteiger partial charge in [0.2, 0.25) is 0 Å². The standard InChI is InChI=1S/C15H21N3O5/c1-8(2)12(20)23-11-9(7-19)22-13(15(11)4-5-15)18-6-3-10(16)17-14(18)21/h3,6,8-9,11,13,19H,4-5,7H2,1-2H3,(H2,16,17,21)/t9-,11+,13+/m0/s1. The van der Waals surface area contributed by atoms with Gasteiger partial charge in [-0.1, -0.05) is 13.8 Å². The molecule has 0 bridgehead atoms. The third-order valence-corrected chi connectivity index (χ3v) is 4.53. The first-order valence-electron chi connectivity index (χ1n) is 7.70. The van der Waals surface area contributed by atoms with Gasteiger partial charge in [0.05, 0.1) is 17.9 Å². The molecule has 0 unspecified atom stereocenters. The Morgan fingerprint density at radius 1 is 1.61 bits per heavy atom. The van der Waals surface area contributed by atoms with Crippen LogP contribution in [-0.2, 0) is 14.3 Å². The minimum atomic E-state index is -0.658. The number of nitrogens with zero attached hydrogens (tertiary/aromatic N) is 2.